The van der Waals surface area contributed by atoms with Gasteiger partial charge in [0.25, 0.3) is 0 Å². The average molecular weight is 252 g/mol. The third kappa shape index (κ3) is 2.45. The first-order chi connectivity index (χ1) is 8.09. The van der Waals surface area contributed by atoms with Crippen molar-refractivity contribution >= 4 is 11.6 Å². The van der Waals surface area contributed by atoms with Crippen molar-refractivity contribution < 1.29 is 0 Å². The van der Waals surface area contributed by atoms with Crippen LogP contribution < -0.4 is 5.73 Å². The lowest BCUT2D eigenvalue weighted by molar-refractivity contribution is 0.627. The minimum absolute atomic E-state index is 0.203. The molecule has 2 rings (SSSR count). The Morgan fingerprint density at radius 2 is 2.29 bits per heavy atom. The third-order valence-electron chi connectivity index (χ3n) is 2.66. The molecule has 0 fully saturated rings. The molecule has 0 radical (unpaired) electrons. The fraction of sp³-hybridized carbons (Fsp3) is 0.364. The van der Waals surface area contributed by atoms with Gasteiger partial charge < -0.3 is 5.73 Å². The molecule has 6 heteroatoms. The van der Waals surface area contributed by atoms with Gasteiger partial charge in [0.15, 0.2) is 0 Å². The number of halogens is 1. The summed E-state index contributed by atoms with van der Waals surface area (Å²) in [5.41, 5.74) is 8.63. The lowest BCUT2D eigenvalue weighted by Crippen LogP contribution is -2.17. The Balaban J connectivity index is 2.22. The third-order valence-corrected chi connectivity index (χ3v) is 3.15. The SMILES string of the molecule is Cc1nn(C)c(CC(N)c2ccncn2)c1Cl. The summed E-state index contributed by atoms with van der Waals surface area (Å²) in [6, 6.07) is 1.60. The summed E-state index contributed by atoms with van der Waals surface area (Å²) < 4.78 is 1.76. The van der Waals surface area contributed by atoms with Crippen LogP contribution in [-0.2, 0) is 13.5 Å². The Kier molecular flexibility index (Phi) is 3.40. The van der Waals surface area contributed by atoms with Gasteiger partial charge in [0.05, 0.1) is 28.1 Å². The average Bonchev–Trinajstić information content (AvgIpc) is 2.57. The molecule has 2 aromatic rings. The summed E-state index contributed by atoms with van der Waals surface area (Å²) in [7, 11) is 1.86. The van der Waals surface area contributed by atoms with Crippen LogP contribution in [0.3, 0.4) is 0 Å². The van der Waals surface area contributed by atoms with Gasteiger partial charge in [0.1, 0.15) is 6.33 Å². The van der Waals surface area contributed by atoms with Crippen LogP contribution in [0.15, 0.2) is 18.6 Å². The molecule has 17 heavy (non-hydrogen) atoms. The highest BCUT2D eigenvalue weighted by Crippen LogP contribution is 2.23. The summed E-state index contributed by atoms with van der Waals surface area (Å²) in [6.45, 7) is 1.88. The molecule has 2 aromatic heterocycles. The van der Waals surface area contributed by atoms with Crippen LogP contribution >= 0.6 is 11.6 Å². The zero-order valence-electron chi connectivity index (χ0n) is 9.76. The quantitative estimate of drug-likeness (QED) is 0.896. The van der Waals surface area contributed by atoms with Crippen molar-refractivity contribution in [3.05, 3.63) is 40.7 Å². The molecule has 0 saturated heterocycles. The number of nitrogens with two attached hydrogens (primary N) is 1. The molecule has 90 valence electrons. The molecule has 0 spiro atoms. The van der Waals surface area contributed by atoms with E-state index in [0.717, 1.165) is 17.1 Å². The van der Waals surface area contributed by atoms with E-state index in [1.807, 2.05) is 20.0 Å². The molecule has 0 aliphatic rings. The zero-order chi connectivity index (χ0) is 12.4. The first kappa shape index (κ1) is 12.0. The van der Waals surface area contributed by atoms with E-state index >= 15 is 0 Å². The molecule has 1 unspecified atom stereocenters. The monoisotopic (exact) mass is 251 g/mol. The van der Waals surface area contributed by atoms with Crippen molar-refractivity contribution in [2.45, 2.75) is 19.4 Å². The number of hydrogen-bond donors (Lipinski definition) is 1. The first-order valence-electron chi connectivity index (χ1n) is 5.29. The van der Waals surface area contributed by atoms with Gasteiger partial charge in [-0.15, -0.1) is 0 Å². The van der Waals surface area contributed by atoms with Crippen LogP contribution in [0.1, 0.15) is 23.1 Å². The van der Waals surface area contributed by atoms with Crippen LogP contribution in [0.25, 0.3) is 0 Å². The fourth-order valence-corrected chi connectivity index (χ4v) is 1.97. The topological polar surface area (TPSA) is 69.6 Å². The van der Waals surface area contributed by atoms with E-state index in [2.05, 4.69) is 15.1 Å². The minimum Gasteiger partial charge on any atom is -0.322 e. The number of nitrogens with zero attached hydrogens (tertiary/aromatic N) is 4. The lowest BCUT2D eigenvalue weighted by Gasteiger charge is -2.11. The van der Waals surface area contributed by atoms with Crippen LogP contribution in [-0.4, -0.2) is 19.7 Å². The van der Waals surface area contributed by atoms with E-state index in [-0.39, 0.29) is 6.04 Å². The summed E-state index contributed by atoms with van der Waals surface area (Å²) in [6.07, 6.45) is 3.77. The van der Waals surface area contributed by atoms with Gasteiger partial charge in [0, 0.05) is 19.7 Å². The van der Waals surface area contributed by atoms with E-state index in [0.29, 0.717) is 11.4 Å². The van der Waals surface area contributed by atoms with Crippen molar-refractivity contribution in [1.82, 2.24) is 19.7 Å². The highest BCUT2D eigenvalue weighted by molar-refractivity contribution is 6.31. The van der Waals surface area contributed by atoms with E-state index in [1.165, 1.54) is 6.33 Å². The highest BCUT2D eigenvalue weighted by atomic mass is 35.5. The molecule has 0 aromatic carbocycles. The van der Waals surface area contributed by atoms with Crippen molar-refractivity contribution in [3.63, 3.8) is 0 Å². The molecular weight excluding hydrogens is 238 g/mol. The molecule has 0 amide bonds. The Labute approximate surface area is 105 Å². The second-order valence-electron chi connectivity index (χ2n) is 3.91. The molecule has 0 bridgehead atoms. The van der Waals surface area contributed by atoms with Gasteiger partial charge >= 0.3 is 0 Å². The predicted octanol–water partition coefficient (Wildman–Crippen LogP) is 1.41. The van der Waals surface area contributed by atoms with Crippen LogP contribution in [0.2, 0.25) is 5.02 Å². The standard InChI is InChI=1S/C11H14ClN5/c1-7-11(12)10(17(2)16-7)5-8(13)9-3-4-14-6-15-9/h3-4,6,8H,5,13H2,1-2H3. The number of rotatable bonds is 3. The predicted molar refractivity (Wildman–Crippen MR) is 65.6 cm³/mol. The molecule has 5 nitrogen and oxygen atoms in total. The van der Waals surface area contributed by atoms with Gasteiger partial charge in [0.2, 0.25) is 0 Å². The lowest BCUT2D eigenvalue weighted by atomic mass is 10.1. The Morgan fingerprint density at radius 3 is 2.82 bits per heavy atom. The molecule has 0 saturated carbocycles. The smallest absolute Gasteiger partial charge is 0.115 e. The summed E-state index contributed by atoms with van der Waals surface area (Å²) >= 11 is 6.17. The van der Waals surface area contributed by atoms with Gasteiger partial charge in [-0.25, -0.2) is 9.97 Å². The van der Waals surface area contributed by atoms with E-state index in [9.17, 15) is 0 Å². The van der Waals surface area contributed by atoms with Gasteiger partial charge in [-0.05, 0) is 13.0 Å². The molecule has 2 heterocycles. The number of hydrogen-bond acceptors (Lipinski definition) is 4. The number of aromatic nitrogens is 4. The van der Waals surface area contributed by atoms with Crippen LogP contribution in [0.5, 0.6) is 0 Å². The first-order valence-corrected chi connectivity index (χ1v) is 5.67. The number of aryl methyl sites for hydroxylation is 2. The molecule has 1 atom stereocenters. The van der Waals surface area contributed by atoms with Crippen molar-refractivity contribution in [2.24, 2.45) is 12.8 Å². The Morgan fingerprint density at radius 1 is 1.53 bits per heavy atom. The van der Waals surface area contributed by atoms with Gasteiger partial charge in [-0.1, -0.05) is 11.6 Å². The van der Waals surface area contributed by atoms with Crippen LogP contribution in [0, 0.1) is 6.92 Å². The Hall–Kier alpha value is -1.46. The summed E-state index contributed by atoms with van der Waals surface area (Å²) in [4.78, 5) is 8.00. The molecular formula is C11H14ClN5. The zero-order valence-corrected chi connectivity index (χ0v) is 10.5. The summed E-state index contributed by atoms with van der Waals surface area (Å²) in [5, 5.41) is 4.93. The van der Waals surface area contributed by atoms with E-state index in [1.54, 1.807) is 10.9 Å². The van der Waals surface area contributed by atoms with Gasteiger partial charge in [-0.2, -0.15) is 5.10 Å². The van der Waals surface area contributed by atoms with Gasteiger partial charge in [-0.3, -0.25) is 4.68 Å². The molecule has 0 aliphatic carbocycles. The molecule has 0 aliphatic heterocycles. The second-order valence-corrected chi connectivity index (χ2v) is 4.29. The largest absolute Gasteiger partial charge is 0.322 e. The fourth-order valence-electron chi connectivity index (χ4n) is 1.73. The molecule has 2 N–H and O–H groups in total. The van der Waals surface area contributed by atoms with Crippen LogP contribution in [0.4, 0.5) is 0 Å². The maximum absolute atomic E-state index is 6.17. The van der Waals surface area contributed by atoms with Crippen molar-refractivity contribution in [2.75, 3.05) is 0 Å². The van der Waals surface area contributed by atoms with Crippen molar-refractivity contribution in [3.8, 4) is 0 Å². The maximum Gasteiger partial charge on any atom is 0.115 e. The van der Waals surface area contributed by atoms with Crippen molar-refractivity contribution in [1.29, 1.82) is 0 Å². The highest BCUT2D eigenvalue weighted by Gasteiger charge is 2.16. The normalized spacial score (nSPS) is 12.7. The van der Waals surface area contributed by atoms with E-state index < -0.39 is 0 Å². The summed E-state index contributed by atoms with van der Waals surface area (Å²) in [5.74, 6) is 0. The minimum atomic E-state index is -0.203. The maximum atomic E-state index is 6.17. The second kappa shape index (κ2) is 4.81. The Bertz CT molecular complexity index is 508. The van der Waals surface area contributed by atoms with E-state index in [4.69, 9.17) is 17.3 Å².